The van der Waals surface area contributed by atoms with E-state index < -0.39 is 10.0 Å². The van der Waals surface area contributed by atoms with E-state index in [1.165, 1.54) is 55.8 Å². The van der Waals surface area contributed by atoms with E-state index >= 15 is 0 Å². The fourth-order valence-corrected chi connectivity index (χ4v) is 7.32. The quantitative estimate of drug-likeness (QED) is 0.629. The molecule has 2 aliphatic heterocycles. The highest BCUT2D eigenvalue weighted by Gasteiger charge is 2.32. The number of carbonyl (C=O) groups is 1. The van der Waals surface area contributed by atoms with E-state index in [0.29, 0.717) is 24.4 Å². The highest BCUT2D eigenvalue weighted by atomic mass is 32.2. The zero-order valence-corrected chi connectivity index (χ0v) is 21.2. The van der Waals surface area contributed by atoms with Gasteiger partial charge < -0.3 is 15.0 Å². The van der Waals surface area contributed by atoms with Crippen molar-refractivity contribution < 1.29 is 17.9 Å². The normalized spacial score (nSPS) is 19.6. The highest BCUT2D eigenvalue weighted by molar-refractivity contribution is 7.92. The Bertz CT molecular complexity index is 1170. The second kappa shape index (κ2) is 10.2. The molecule has 0 bridgehead atoms. The first-order valence-electron chi connectivity index (χ1n) is 12.8. The van der Waals surface area contributed by atoms with Crippen LogP contribution in [0, 0.1) is 5.92 Å². The van der Waals surface area contributed by atoms with Gasteiger partial charge in [-0.3, -0.25) is 9.10 Å². The Kier molecular flexibility index (Phi) is 7.02. The molecule has 2 fully saturated rings. The van der Waals surface area contributed by atoms with Gasteiger partial charge in [-0.15, -0.1) is 0 Å². The van der Waals surface area contributed by atoms with Gasteiger partial charge in [0.2, 0.25) is 0 Å². The van der Waals surface area contributed by atoms with Crippen LogP contribution in [-0.2, 0) is 16.4 Å². The topological polar surface area (TPSA) is 79.0 Å². The van der Waals surface area contributed by atoms with Crippen LogP contribution >= 0.6 is 0 Å². The summed E-state index contributed by atoms with van der Waals surface area (Å²) in [7, 11) is -2.30. The summed E-state index contributed by atoms with van der Waals surface area (Å²) in [4.78, 5) is 15.9. The Balaban J connectivity index is 1.28. The third kappa shape index (κ3) is 5.05. The average Bonchev–Trinajstić information content (AvgIpc) is 3.55. The van der Waals surface area contributed by atoms with E-state index in [1.807, 2.05) is 24.3 Å². The first-order valence-corrected chi connectivity index (χ1v) is 14.2. The minimum Gasteiger partial charge on any atom is -0.496 e. The van der Waals surface area contributed by atoms with Crippen LogP contribution in [0.3, 0.4) is 0 Å². The van der Waals surface area contributed by atoms with Crippen molar-refractivity contribution in [2.24, 2.45) is 5.92 Å². The summed E-state index contributed by atoms with van der Waals surface area (Å²) in [6, 6.07) is 12.2. The molecule has 1 saturated carbocycles. The number of ether oxygens (including phenoxy) is 1. The predicted octanol–water partition coefficient (Wildman–Crippen LogP) is 3.83. The van der Waals surface area contributed by atoms with Crippen molar-refractivity contribution >= 4 is 21.6 Å². The van der Waals surface area contributed by atoms with Crippen molar-refractivity contribution in [2.75, 3.05) is 37.6 Å². The maximum absolute atomic E-state index is 13.5. The van der Waals surface area contributed by atoms with Crippen molar-refractivity contribution in [3.05, 3.63) is 53.6 Å². The van der Waals surface area contributed by atoms with Crippen molar-refractivity contribution in [1.82, 2.24) is 10.2 Å². The summed E-state index contributed by atoms with van der Waals surface area (Å²) in [6.45, 7) is 3.55. The molecule has 1 N–H and O–H groups in total. The first kappa shape index (κ1) is 24.1. The van der Waals surface area contributed by atoms with Crippen LogP contribution in [0.25, 0.3) is 0 Å². The van der Waals surface area contributed by atoms with E-state index in [0.717, 1.165) is 37.4 Å². The van der Waals surface area contributed by atoms with Crippen LogP contribution < -0.4 is 14.4 Å². The number of rotatable bonds is 7. The fraction of sp³-hybridized carbons (Fsp3) is 0.519. The average molecular weight is 498 g/mol. The minimum absolute atomic E-state index is 0.0813. The molecule has 1 amide bonds. The summed E-state index contributed by atoms with van der Waals surface area (Å²) in [5.74, 6) is 0.926. The van der Waals surface area contributed by atoms with Crippen LogP contribution in [0.1, 0.15) is 54.4 Å². The Hall–Kier alpha value is -2.58. The predicted molar refractivity (Wildman–Crippen MR) is 137 cm³/mol. The number of anilines is 1. The van der Waals surface area contributed by atoms with E-state index in [2.05, 4.69) is 10.2 Å². The molecule has 7 nitrogen and oxygen atoms in total. The summed E-state index contributed by atoms with van der Waals surface area (Å²) in [5.41, 5.74) is 1.98. The van der Waals surface area contributed by atoms with E-state index in [1.54, 1.807) is 6.07 Å². The molecule has 0 aromatic heterocycles. The molecule has 0 radical (unpaired) electrons. The molecule has 2 aromatic carbocycles. The van der Waals surface area contributed by atoms with Gasteiger partial charge in [-0.05, 0) is 67.9 Å². The third-order valence-corrected chi connectivity index (χ3v) is 9.57. The number of carbonyl (C=O) groups excluding carboxylic acids is 1. The molecule has 3 aliphatic rings. The molecule has 0 spiro atoms. The number of benzene rings is 2. The molecule has 1 aliphatic carbocycles. The van der Waals surface area contributed by atoms with Gasteiger partial charge in [0.05, 0.1) is 23.3 Å². The number of hydrogen-bond acceptors (Lipinski definition) is 5. The number of para-hydroxylation sites is 1. The fourth-order valence-electron chi connectivity index (χ4n) is 5.79. The number of fused-ring (bicyclic) bond motifs is 1. The number of likely N-dealkylation sites (tertiary alicyclic amines) is 1. The molecule has 1 saturated heterocycles. The summed E-state index contributed by atoms with van der Waals surface area (Å²) >= 11 is 0. The number of hydrogen-bond donors (Lipinski definition) is 1. The van der Waals surface area contributed by atoms with Crippen molar-refractivity contribution in [1.29, 1.82) is 0 Å². The van der Waals surface area contributed by atoms with Crippen LogP contribution in [0.5, 0.6) is 5.75 Å². The Labute approximate surface area is 208 Å². The number of nitrogens with one attached hydrogen (secondary N) is 1. The summed E-state index contributed by atoms with van der Waals surface area (Å²) in [6.07, 6.45) is 7.90. The zero-order chi connectivity index (χ0) is 24.4. The van der Waals surface area contributed by atoms with Gasteiger partial charge in [0.25, 0.3) is 15.9 Å². The highest BCUT2D eigenvalue weighted by Crippen LogP contribution is 2.34. The minimum atomic E-state index is -3.79. The number of amides is 1. The number of nitrogens with zero attached hydrogens (tertiary/aromatic N) is 2. The molecule has 2 heterocycles. The third-order valence-electron chi connectivity index (χ3n) is 7.76. The van der Waals surface area contributed by atoms with Gasteiger partial charge in [0.1, 0.15) is 5.75 Å². The standard InChI is InChI=1S/C27H35N3O4S/c1-34-26-11-10-23(35(32,33)30-17-12-21-8-4-5-9-25(21)30)18-24(26)27(31)28-22-13-15-29(16-14-22)19-20-6-2-3-7-20/h4-5,8-11,18,20,22H,2-3,6-7,12-17,19H2,1H3,(H,28,31). The molecular formula is C27H35N3O4S. The molecule has 2 aromatic rings. The van der Waals surface area contributed by atoms with Gasteiger partial charge in [-0.2, -0.15) is 0 Å². The summed E-state index contributed by atoms with van der Waals surface area (Å²) < 4.78 is 33.8. The molecule has 0 atom stereocenters. The number of sulfonamides is 1. The molecule has 5 rings (SSSR count). The van der Waals surface area contributed by atoms with Gasteiger partial charge in [0, 0.05) is 32.2 Å². The van der Waals surface area contributed by atoms with Crippen molar-refractivity contribution in [2.45, 2.75) is 55.9 Å². The molecule has 188 valence electrons. The lowest BCUT2D eigenvalue weighted by Gasteiger charge is -2.34. The number of piperidine rings is 1. The van der Waals surface area contributed by atoms with Gasteiger partial charge in [0.15, 0.2) is 0 Å². The monoisotopic (exact) mass is 497 g/mol. The van der Waals surface area contributed by atoms with Gasteiger partial charge in [-0.25, -0.2) is 8.42 Å². The van der Waals surface area contributed by atoms with Crippen molar-refractivity contribution in [3.63, 3.8) is 0 Å². The molecule has 8 heteroatoms. The SMILES string of the molecule is COc1ccc(S(=O)(=O)N2CCc3ccccc32)cc1C(=O)NC1CCN(CC2CCCC2)CC1. The summed E-state index contributed by atoms with van der Waals surface area (Å²) in [5, 5.41) is 3.13. The molecule has 0 unspecified atom stereocenters. The maximum Gasteiger partial charge on any atom is 0.264 e. The van der Waals surface area contributed by atoms with E-state index in [9.17, 15) is 13.2 Å². The Morgan fingerprint density at radius 3 is 2.51 bits per heavy atom. The van der Waals surface area contributed by atoms with E-state index in [4.69, 9.17) is 4.74 Å². The number of methoxy groups -OCH3 is 1. The zero-order valence-electron chi connectivity index (χ0n) is 20.4. The lowest BCUT2D eigenvalue weighted by atomic mass is 10.0. The Morgan fingerprint density at radius 1 is 1.03 bits per heavy atom. The lowest BCUT2D eigenvalue weighted by Crippen LogP contribution is -2.45. The second-order valence-corrected chi connectivity index (χ2v) is 11.9. The smallest absolute Gasteiger partial charge is 0.264 e. The van der Waals surface area contributed by atoms with Crippen molar-refractivity contribution in [3.8, 4) is 5.75 Å². The largest absolute Gasteiger partial charge is 0.496 e. The van der Waals surface area contributed by atoms with Crippen LogP contribution in [0.2, 0.25) is 0 Å². The van der Waals surface area contributed by atoms with Gasteiger partial charge in [-0.1, -0.05) is 31.0 Å². The Morgan fingerprint density at radius 2 is 1.77 bits per heavy atom. The first-order chi connectivity index (χ1) is 17.0. The van der Waals surface area contributed by atoms with Gasteiger partial charge >= 0.3 is 0 Å². The second-order valence-electron chi connectivity index (χ2n) is 10.0. The van der Waals surface area contributed by atoms with Crippen LogP contribution in [0.4, 0.5) is 5.69 Å². The molecular weight excluding hydrogens is 462 g/mol. The molecule has 35 heavy (non-hydrogen) atoms. The van der Waals surface area contributed by atoms with E-state index in [-0.39, 0.29) is 22.4 Å². The lowest BCUT2D eigenvalue weighted by molar-refractivity contribution is 0.0902. The van der Waals surface area contributed by atoms with Crippen LogP contribution in [-0.4, -0.2) is 58.6 Å². The maximum atomic E-state index is 13.5. The van der Waals surface area contributed by atoms with Crippen LogP contribution in [0.15, 0.2) is 47.4 Å².